The van der Waals surface area contributed by atoms with Crippen molar-refractivity contribution in [1.29, 1.82) is 0 Å². The van der Waals surface area contributed by atoms with Crippen molar-refractivity contribution in [2.45, 2.75) is 39.5 Å². The molecule has 0 nitrogen and oxygen atoms in total. The largest absolute Gasteiger partial charge is 0.0651 e. The van der Waals surface area contributed by atoms with Gasteiger partial charge in [-0.15, -0.1) is 0 Å². The molecule has 0 saturated carbocycles. The third kappa shape index (κ3) is 2.44. The van der Waals surface area contributed by atoms with Gasteiger partial charge in [0.25, 0.3) is 0 Å². The Balaban J connectivity index is 2.39. The molecule has 2 aromatic rings. The maximum Gasteiger partial charge on any atom is -0.0179 e. The van der Waals surface area contributed by atoms with Gasteiger partial charge in [0.1, 0.15) is 0 Å². The molecule has 0 saturated heterocycles. The Kier molecular flexibility index (Phi) is 3.61. The molecule has 0 heterocycles. The van der Waals surface area contributed by atoms with Crippen LogP contribution in [0, 0.1) is 0 Å². The lowest BCUT2D eigenvalue weighted by atomic mass is 10.0. The van der Waals surface area contributed by atoms with E-state index >= 15 is 0 Å². The molecule has 0 atom stereocenters. The monoisotopic (exact) mass is 212 g/mol. The van der Waals surface area contributed by atoms with Gasteiger partial charge in [0.05, 0.1) is 0 Å². The summed E-state index contributed by atoms with van der Waals surface area (Å²) < 4.78 is 0. The van der Waals surface area contributed by atoms with Crippen molar-refractivity contribution in [3.05, 3.63) is 47.5 Å². The third-order valence-electron chi connectivity index (χ3n) is 3.05. The van der Waals surface area contributed by atoms with E-state index in [-0.39, 0.29) is 0 Å². The molecule has 0 bridgehead atoms. The van der Waals surface area contributed by atoms with Gasteiger partial charge in [-0.05, 0) is 34.7 Å². The first kappa shape index (κ1) is 11.2. The second-order valence-electron chi connectivity index (χ2n) is 4.52. The predicted octanol–water partition coefficient (Wildman–Crippen LogP) is 4.74. The third-order valence-corrected chi connectivity index (χ3v) is 3.05. The fraction of sp³-hybridized carbons (Fsp3) is 0.375. The van der Waals surface area contributed by atoms with Gasteiger partial charge >= 0.3 is 0 Å². The van der Waals surface area contributed by atoms with E-state index in [1.54, 1.807) is 0 Å². The first-order valence-corrected chi connectivity index (χ1v) is 6.35. The lowest BCUT2D eigenvalue weighted by Crippen LogP contribution is -1.86. The fourth-order valence-corrected chi connectivity index (χ4v) is 2.23. The molecular weight excluding hydrogens is 192 g/mol. The first-order chi connectivity index (χ1) is 7.83. The Hall–Kier alpha value is -1.30. The molecule has 0 unspecified atom stereocenters. The lowest BCUT2D eigenvalue weighted by Gasteiger charge is -2.05. The van der Waals surface area contributed by atoms with Crippen molar-refractivity contribution in [2.75, 3.05) is 0 Å². The van der Waals surface area contributed by atoms with Gasteiger partial charge in [-0.2, -0.15) is 0 Å². The quantitative estimate of drug-likeness (QED) is 0.686. The molecule has 0 aliphatic carbocycles. The highest BCUT2D eigenvalue weighted by Crippen LogP contribution is 2.19. The van der Waals surface area contributed by atoms with Crippen molar-refractivity contribution in [3.63, 3.8) is 0 Å². The zero-order valence-electron chi connectivity index (χ0n) is 10.3. The maximum atomic E-state index is 2.35. The van der Waals surface area contributed by atoms with E-state index in [0.29, 0.717) is 0 Å². The van der Waals surface area contributed by atoms with Crippen LogP contribution in [-0.4, -0.2) is 0 Å². The van der Waals surface area contributed by atoms with E-state index in [4.69, 9.17) is 0 Å². The van der Waals surface area contributed by atoms with Crippen LogP contribution in [0.3, 0.4) is 0 Å². The van der Waals surface area contributed by atoms with Crippen LogP contribution in [0.1, 0.15) is 37.8 Å². The van der Waals surface area contributed by atoms with Crippen LogP contribution in [0.5, 0.6) is 0 Å². The Bertz CT molecular complexity index is 428. The molecule has 2 rings (SSSR count). The van der Waals surface area contributed by atoms with Crippen LogP contribution < -0.4 is 0 Å². The Morgan fingerprint density at radius 2 is 1.19 bits per heavy atom. The fourth-order valence-electron chi connectivity index (χ4n) is 2.23. The average Bonchev–Trinajstić information content (AvgIpc) is 2.29. The molecule has 0 radical (unpaired) electrons. The Labute approximate surface area is 98.3 Å². The highest BCUT2D eigenvalue weighted by molar-refractivity contribution is 5.83. The zero-order valence-corrected chi connectivity index (χ0v) is 10.3. The molecule has 0 heteroatoms. The van der Waals surface area contributed by atoms with Crippen LogP contribution in [-0.2, 0) is 12.8 Å². The van der Waals surface area contributed by atoms with Crippen LogP contribution in [0.4, 0.5) is 0 Å². The molecule has 0 aliphatic heterocycles. The first-order valence-electron chi connectivity index (χ1n) is 6.35. The van der Waals surface area contributed by atoms with E-state index in [1.165, 1.54) is 47.6 Å². The van der Waals surface area contributed by atoms with Gasteiger partial charge < -0.3 is 0 Å². The molecular formula is C16H20. The number of hydrogen-bond donors (Lipinski definition) is 0. The summed E-state index contributed by atoms with van der Waals surface area (Å²) in [6.07, 6.45) is 4.82. The summed E-state index contributed by atoms with van der Waals surface area (Å²) in [4.78, 5) is 0. The summed E-state index contributed by atoms with van der Waals surface area (Å²) in [5.41, 5.74) is 2.92. The Morgan fingerprint density at radius 1 is 0.688 bits per heavy atom. The molecule has 2 aromatic carbocycles. The normalized spacial score (nSPS) is 10.9. The minimum atomic E-state index is 1.19. The van der Waals surface area contributed by atoms with Crippen LogP contribution in [0.2, 0.25) is 0 Å². The van der Waals surface area contributed by atoms with Crippen molar-refractivity contribution < 1.29 is 0 Å². The smallest absolute Gasteiger partial charge is 0.0179 e. The van der Waals surface area contributed by atoms with E-state index in [9.17, 15) is 0 Å². The van der Waals surface area contributed by atoms with Crippen LogP contribution in [0.15, 0.2) is 36.4 Å². The van der Waals surface area contributed by atoms with E-state index in [2.05, 4.69) is 50.2 Å². The molecule has 0 amide bonds. The summed E-state index contributed by atoms with van der Waals surface area (Å²) in [5.74, 6) is 0. The highest BCUT2D eigenvalue weighted by Gasteiger charge is 1.98. The highest BCUT2D eigenvalue weighted by atomic mass is 14.0. The molecule has 0 fully saturated rings. The van der Waals surface area contributed by atoms with E-state index < -0.39 is 0 Å². The number of rotatable bonds is 4. The van der Waals surface area contributed by atoms with Gasteiger partial charge in [-0.1, -0.05) is 63.1 Å². The number of aryl methyl sites for hydroxylation is 2. The van der Waals surface area contributed by atoms with E-state index in [0.717, 1.165) is 0 Å². The van der Waals surface area contributed by atoms with Crippen LogP contribution in [0.25, 0.3) is 10.8 Å². The minimum absolute atomic E-state index is 1.19. The van der Waals surface area contributed by atoms with Gasteiger partial charge in [0.2, 0.25) is 0 Å². The molecule has 16 heavy (non-hydrogen) atoms. The molecule has 84 valence electrons. The zero-order chi connectivity index (χ0) is 11.4. The molecule has 0 aromatic heterocycles. The average molecular weight is 212 g/mol. The second kappa shape index (κ2) is 5.16. The predicted molar refractivity (Wildman–Crippen MR) is 71.9 cm³/mol. The van der Waals surface area contributed by atoms with Crippen molar-refractivity contribution >= 4 is 10.8 Å². The van der Waals surface area contributed by atoms with Crippen molar-refractivity contribution in [2.24, 2.45) is 0 Å². The molecule has 0 spiro atoms. The SMILES string of the molecule is CCCc1ccc2ccc(CCC)cc2c1. The van der Waals surface area contributed by atoms with Crippen molar-refractivity contribution in [3.8, 4) is 0 Å². The van der Waals surface area contributed by atoms with Gasteiger partial charge in [-0.3, -0.25) is 0 Å². The second-order valence-corrected chi connectivity index (χ2v) is 4.52. The Morgan fingerprint density at radius 3 is 1.62 bits per heavy atom. The van der Waals surface area contributed by atoms with E-state index in [1.807, 2.05) is 0 Å². The van der Waals surface area contributed by atoms with Gasteiger partial charge in [0.15, 0.2) is 0 Å². The van der Waals surface area contributed by atoms with Crippen LogP contribution >= 0.6 is 0 Å². The summed E-state index contributed by atoms with van der Waals surface area (Å²) >= 11 is 0. The maximum absolute atomic E-state index is 2.35. The summed E-state index contributed by atoms with van der Waals surface area (Å²) in [7, 11) is 0. The molecule has 0 aliphatic rings. The van der Waals surface area contributed by atoms with Gasteiger partial charge in [0, 0.05) is 0 Å². The summed E-state index contributed by atoms with van der Waals surface area (Å²) in [5, 5.41) is 2.76. The summed E-state index contributed by atoms with van der Waals surface area (Å²) in [6.45, 7) is 4.47. The van der Waals surface area contributed by atoms with Crippen molar-refractivity contribution in [1.82, 2.24) is 0 Å². The lowest BCUT2D eigenvalue weighted by molar-refractivity contribution is 0.920. The van der Waals surface area contributed by atoms with Gasteiger partial charge in [-0.25, -0.2) is 0 Å². The topological polar surface area (TPSA) is 0 Å². The standard InChI is InChI=1S/C16H20/c1-3-5-13-7-9-15-10-8-14(6-4-2)12-16(15)11-13/h7-12H,3-6H2,1-2H3. The number of benzene rings is 2. The minimum Gasteiger partial charge on any atom is -0.0651 e. The number of fused-ring (bicyclic) bond motifs is 1. The number of hydrogen-bond acceptors (Lipinski definition) is 0. The molecule has 0 N–H and O–H groups in total. The summed E-state index contributed by atoms with van der Waals surface area (Å²) in [6, 6.07) is 13.7.